The zero-order valence-electron chi connectivity index (χ0n) is 9.65. The molecule has 0 radical (unpaired) electrons. The molecule has 1 aromatic heterocycles. The van der Waals surface area contributed by atoms with Gasteiger partial charge >= 0.3 is 0 Å². The topological polar surface area (TPSA) is 43.6 Å². The first kappa shape index (κ1) is 11.6. The van der Waals surface area contributed by atoms with Crippen molar-refractivity contribution < 1.29 is 13.9 Å². The van der Waals surface area contributed by atoms with Crippen LogP contribution in [-0.2, 0) is 9.47 Å². The number of nitrogens with one attached hydrogen (secondary N) is 1. The van der Waals surface area contributed by atoms with Crippen LogP contribution in [0.15, 0.2) is 22.8 Å². The van der Waals surface area contributed by atoms with E-state index in [1.54, 1.807) is 6.26 Å². The molecule has 1 unspecified atom stereocenters. The first-order valence-electron chi connectivity index (χ1n) is 5.90. The van der Waals surface area contributed by atoms with E-state index in [0.717, 1.165) is 25.1 Å². The molecule has 1 aliphatic rings. The molecule has 2 rings (SSSR count). The van der Waals surface area contributed by atoms with Crippen LogP contribution in [0.25, 0.3) is 0 Å². The third-order valence-corrected chi connectivity index (χ3v) is 2.65. The van der Waals surface area contributed by atoms with Gasteiger partial charge in [0.15, 0.2) is 6.29 Å². The highest BCUT2D eigenvalue weighted by Crippen LogP contribution is 2.22. The molecular formula is C12H19NO3. The molecule has 90 valence electrons. The maximum absolute atomic E-state index is 5.46. The van der Waals surface area contributed by atoms with Crippen LogP contribution in [0.4, 0.5) is 0 Å². The molecule has 4 heteroatoms. The maximum atomic E-state index is 5.46. The van der Waals surface area contributed by atoms with Crippen molar-refractivity contribution in [2.75, 3.05) is 19.8 Å². The van der Waals surface area contributed by atoms with Gasteiger partial charge in [-0.05, 0) is 25.1 Å². The summed E-state index contributed by atoms with van der Waals surface area (Å²) < 4.78 is 16.3. The monoisotopic (exact) mass is 225 g/mol. The van der Waals surface area contributed by atoms with Gasteiger partial charge in [0.25, 0.3) is 0 Å². The Balaban J connectivity index is 1.91. The second kappa shape index (κ2) is 6.03. The van der Waals surface area contributed by atoms with Gasteiger partial charge in [0.05, 0.1) is 25.5 Å². The summed E-state index contributed by atoms with van der Waals surface area (Å²) in [5.74, 6) is 0.951. The van der Waals surface area contributed by atoms with E-state index in [-0.39, 0.29) is 12.3 Å². The Morgan fingerprint density at radius 3 is 2.88 bits per heavy atom. The van der Waals surface area contributed by atoms with Crippen LogP contribution in [0.5, 0.6) is 0 Å². The number of rotatable bonds is 6. The molecule has 16 heavy (non-hydrogen) atoms. The first-order valence-corrected chi connectivity index (χ1v) is 5.90. The lowest BCUT2D eigenvalue weighted by Crippen LogP contribution is -2.26. The van der Waals surface area contributed by atoms with E-state index in [2.05, 4.69) is 12.2 Å². The molecule has 0 bridgehead atoms. The highest BCUT2D eigenvalue weighted by atomic mass is 16.7. The molecule has 0 aromatic carbocycles. The predicted molar refractivity (Wildman–Crippen MR) is 60.1 cm³/mol. The summed E-state index contributed by atoms with van der Waals surface area (Å²) in [7, 11) is 0. The van der Waals surface area contributed by atoms with Gasteiger partial charge < -0.3 is 19.2 Å². The number of ether oxygens (including phenoxy) is 2. The molecule has 1 N–H and O–H groups in total. The van der Waals surface area contributed by atoms with Gasteiger partial charge in [-0.25, -0.2) is 0 Å². The molecule has 0 amide bonds. The van der Waals surface area contributed by atoms with Gasteiger partial charge in [-0.15, -0.1) is 0 Å². The zero-order chi connectivity index (χ0) is 11.2. The molecule has 1 aromatic rings. The lowest BCUT2D eigenvalue weighted by Gasteiger charge is -2.19. The molecule has 1 saturated heterocycles. The quantitative estimate of drug-likeness (QED) is 0.805. The Hall–Kier alpha value is -0.840. The number of hydrogen-bond donors (Lipinski definition) is 1. The summed E-state index contributed by atoms with van der Waals surface area (Å²) in [6.07, 6.45) is 3.50. The van der Waals surface area contributed by atoms with Gasteiger partial charge in [-0.3, -0.25) is 0 Å². The molecule has 0 saturated carbocycles. The van der Waals surface area contributed by atoms with E-state index in [9.17, 15) is 0 Å². The van der Waals surface area contributed by atoms with Gasteiger partial charge in [0.1, 0.15) is 5.76 Å². The third-order valence-electron chi connectivity index (χ3n) is 2.65. The van der Waals surface area contributed by atoms with Crippen LogP contribution in [-0.4, -0.2) is 26.0 Å². The predicted octanol–water partition coefficient (Wildman–Crippen LogP) is 2.08. The fraction of sp³-hybridized carbons (Fsp3) is 0.667. The highest BCUT2D eigenvalue weighted by Gasteiger charge is 2.23. The summed E-state index contributed by atoms with van der Waals surface area (Å²) in [4.78, 5) is 0. The summed E-state index contributed by atoms with van der Waals surface area (Å²) in [5, 5.41) is 3.44. The molecule has 0 spiro atoms. The molecule has 4 nitrogen and oxygen atoms in total. The van der Waals surface area contributed by atoms with Crippen LogP contribution in [0, 0.1) is 0 Å². The summed E-state index contributed by atoms with van der Waals surface area (Å²) in [6.45, 7) is 4.51. The lowest BCUT2D eigenvalue weighted by molar-refractivity contribution is -0.0542. The van der Waals surface area contributed by atoms with Gasteiger partial charge in [0.2, 0.25) is 0 Å². The van der Waals surface area contributed by atoms with Crippen molar-refractivity contribution in [3.63, 3.8) is 0 Å². The van der Waals surface area contributed by atoms with Crippen molar-refractivity contribution in [3.05, 3.63) is 24.2 Å². The van der Waals surface area contributed by atoms with Crippen LogP contribution in [0.3, 0.4) is 0 Å². The van der Waals surface area contributed by atoms with Crippen LogP contribution < -0.4 is 5.32 Å². The van der Waals surface area contributed by atoms with E-state index in [1.165, 1.54) is 0 Å². The third kappa shape index (κ3) is 3.07. The van der Waals surface area contributed by atoms with Crippen molar-refractivity contribution in [2.24, 2.45) is 0 Å². The zero-order valence-corrected chi connectivity index (χ0v) is 9.65. The summed E-state index contributed by atoms with van der Waals surface area (Å²) >= 11 is 0. The standard InChI is InChI=1S/C12H19NO3/c1-2-5-13-10(11-4-3-6-14-11)9-12-15-7-8-16-12/h3-4,6,10,12-13H,2,5,7-9H2,1H3. The van der Waals surface area contributed by atoms with Gasteiger partial charge in [-0.1, -0.05) is 6.92 Å². The van der Waals surface area contributed by atoms with Gasteiger partial charge in [0, 0.05) is 6.42 Å². The van der Waals surface area contributed by atoms with Crippen molar-refractivity contribution in [1.82, 2.24) is 5.32 Å². The molecule has 1 atom stereocenters. The minimum Gasteiger partial charge on any atom is -0.468 e. The summed E-state index contributed by atoms with van der Waals surface area (Å²) in [6, 6.07) is 4.08. The van der Waals surface area contributed by atoms with Crippen LogP contribution >= 0.6 is 0 Å². The van der Waals surface area contributed by atoms with Crippen LogP contribution in [0.2, 0.25) is 0 Å². The Morgan fingerprint density at radius 1 is 1.44 bits per heavy atom. The molecule has 2 heterocycles. The van der Waals surface area contributed by atoms with Crippen molar-refractivity contribution in [2.45, 2.75) is 32.1 Å². The Kier molecular flexibility index (Phi) is 4.39. The second-order valence-corrected chi connectivity index (χ2v) is 3.93. The van der Waals surface area contributed by atoms with E-state index in [4.69, 9.17) is 13.9 Å². The number of furan rings is 1. The fourth-order valence-corrected chi connectivity index (χ4v) is 1.84. The minimum absolute atomic E-state index is 0.0977. The highest BCUT2D eigenvalue weighted by molar-refractivity contribution is 5.04. The molecule has 1 fully saturated rings. The first-order chi connectivity index (χ1) is 7.90. The normalized spacial score (nSPS) is 19.1. The fourth-order valence-electron chi connectivity index (χ4n) is 1.84. The van der Waals surface area contributed by atoms with Crippen molar-refractivity contribution in [3.8, 4) is 0 Å². The van der Waals surface area contributed by atoms with Gasteiger partial charge in [-0.2, -0.15) is 0 Å². The summed E-state index contributed by atoms with van der Waals surface area (Å²) in [5.41, 5.74) is 0. The smallest absolute Gasteiger partial charge is 0.159 e. The average molecular weight is 225 g/mol. The Morgan fingerprint density at radius 2 is 2.25 bits per heavy atom. The second-order valence-electron chi connectivity index (χ2n) is 3.93. The average Bonchev–Trinajstić information content (AvgIpc) is 2.96. The number of hydrogen-bond acceptors (Lipinski definition) is 4. The van der Waals surface area contributed by atoms with Crippen molar-refractivity contribution in [1.29, 1.82) is 0 Å². The minimum atomic E-state index is -0.0977. The largest absolute Gasteiger partial charge is 0.468 e. The van der Waals surface area contributed by atoms with E-state index < -0.39 is 0 Å². The Labute approximate surface area is 95.9 Å². The lowest BCUT2D eigenvalue weighted by atomic mass is 10.1. The Bertz CT molecular complexity index is 280. The van der Waals surface area contributed by atoms with Crippen LogP contribution in [0.1, 0.15) is 31.6 Å². The molecule has 0 aliphatic carbocycles. The van der Waals surface area contributed by atoms with E-state index in [0.29, 0.717) is 13.2 Å². The maximum Gasteiger partial charge on any atom is 0.159 e. The molecule has 1 aliphatic heterocycles. The van der Waals surface area contributed by atoms with E-state index >= 15 is 0 Å². The van der Waals surface area contributed by atoms with Crippen molar-refractivity contribution >= 4 is 0 Å². The molecular weight excluding hydrogens is 206 g/mol. The SMILES string of the molecule is CCCNC(CC1OCCO1)c1ccco1. The van der Waals surface area contributed by atoms with E-state index in [1.807, 2.05) is 12.1 Å².